The first-order valence-electron chi connectivity index (χ1n) is 5.37. The number of nitrogens with zero attached hydrogens (tertiary/aromatic N) is 2. The van der Waals surface area contributed by atoms with Crippen LogP contribution < -0.4 is 5.32 Å². The summed E-state index contributed by atoms with van der Waals surface area (Å²) < 4.78 is 0.833. The molecule has 17 heavy (non-hydrogen) atoms. The molecule has 2 N–H and O–H groups in total. The predicted octanol–water partition coefficient (Wildman–Crippen LogP) is 0.249. The summed E-state index contributed by atoms with van der Waals surface area (Å²) in [5, 5.41) is 12.8. The molecule has 0 spiro atoms. The van der Waals surface area contributed by atoms with E-state index >= 15 is 0 Å². The second-order valence-corrected chi connectivity index (χ2v) is 4.99. The molecule has 1 amide bonds. The molecule has 0 radical (unpaired) electrons. The minimum Gasteiger partial charge on any atom is -0.390 e. The molecule has 2 heterocycles. The minimum atomic E-state index is -0.514. The van der Waals surface area contributed by atoms with Crippen LogP contribution in [0, 0.1) is 0 Å². The molecule has 0 saturated carbocycles. The number of amides is 1. The summed E-state index contributed by atoms with van der Waals surface area (Å²) >= 11 is 3.27. The summed E-state index contributed by atoms with van der Waals surface area (Å²) in [5.74, 6) is -0.176. The highest BCUT2D eigenvalue weighted by Gasteiger charge is 2.31. The Morgan fingerprint density at radius 1 is 1.59 bits per heavy atom. The molecule has 1 fully saturated rings. The first-order valence-corrected chi connectivity index (χ1v) is 6.16. The van der Waals surface area contributed by atoms with E-state index in [1.165, 1.54) is 0 Å². The molecule has 1 aromatic heterocycles. The Labute approximate surface area is 108 Å². The second kappa shape index (κ2) is 5.12. The number of aliphatic hydroxyl groups is 1. The fraction of sp³-hybridized carbons (Fsp3) is 0.455. The lowest BCUT2D eigenvalue weighted by atomic mass is 10.2. The Hall–Kier alpha value is -0.980. The lowest BCUT2D eigenvalue weighted by Crippen LogP contribution is -2.44. The maximum atomic E-state index is 12.1. The van der Waals surface area contributed by atoms with E-state index in [-0.39, 0.29) is 11.9 Å². The monoisotopic (exact) mass is 299 g/mol. The van der Waals surface area contributed by atoms with Gasteiger partial charge in [-0.1, -0.05) is 0 Å². The predicted molar refractivity (Wildman–Crippen MR) is 66.7 cm³/mol. The molecule has 1 aliphatic heterocycles. The van der Waals surface area contributed by atoms with Crippen LogP contribution >= 0.6 is 15.9 Å². The zero-order chi connectivity index (χ0) is 12.4. The highest BCUT2D eigenvalue weighted by Crippen LogP contribution is 2.13. The molecule has 1 saturated heterocycles. The van der Waals surface area contributed by atoms with Gasteiger partial charge in [0.2, 0.25) is 0 Å². The molecule has 5 nitrogen and oxygen atoms in total. The van der Waals surface area contributed by atoms with Crippen molar-refractivity contribution in [2.75, 3.05) is 20.1 Å². The van der Waals surface area contributed by atoms with E-state index in [0.29, 0.717) is 18.8 Å². The van der Waals surface area contributed by atoms with E-state index in [2.05, 4.69) is 26.2 Å². The van der Waals surface area contributed by atoms with Crippen LogP contribution in [-0.4, -0.2) is 53.2 Å². The number of likely N-dealkylation sites (N-methyl/N-ethyl adjacent to an activating group) is 1. The number of aromatic nitrogens is 1. The number of carbonyl (C=O) groups excluding carboxylic acids is 1. The van der Waals surface area contributed by atoms with E-state index in [1.54, 1.807) is 30.3 Å². The number of nitrogens with one attached hydrogen (secondary N) is 1. The summed E-state index contributed by atoms with van der Waals surface area (Å²) in [6.45, 7) is 1.13. The van der Waals surface area contributed by atoms with Crippen LogP contribution in [-0.2, 0) is 0 Å². The van der Waals surface area contributed by atoms with E-state index in [9.17, 15) is 9.90 Å². The first kappa shape index (κ1) is 12.5. The standard InChI is InChI=1S/C11H14BrN3O2/c1-15(9-5-13-6-10(9)16)11(17)8-3-2-7(12)4-14-8/h2-4,9-10,13,16H,5-6H2,1H3/t9-,10-/m1/s1. The van der Waals surface area contributed by atoms with Crippen molar-refractivity contribution in [2.24, 2.45) is 0 Å². The van der Waals surface area contributed by atoms with Crippen molar-refractivity contribution in [3.05, 3.63) is 28.5 Å². The quantitative estimate of drug-likeness (QED) is 0.822. The van der Waals surface area contributed by atoms with Gasteiger partial charge in [0.15, 0.2) is 0 Å². The van der Waals surface area contributed by atoms with Gasteiger partial charge >= 0.3 is 0 Å². The Morgan fingerprint density at radius 3 is 2.88 bits per heavy atom. The van der Waals surface area contributed by atoms with Crippen LogP contribution in [0.4, 0.5) is 0 Å². The first-order chi connectivity index (χ1) is 8.09. The Bertz CT molecular complexity index is 410. The molecule has 0 unspecified atom stereocenters. The normalized spacial score (nSPS) is 23.7. The third-order valence-corrected chi connectivity index (χ3v) is 3.38. The molecule has 92 valence electrons. The van der Waals surface area contributed by atoms with Crippen molar-refractivity contribution in [1.29, 1.82) is 0 Å². The molecule has 0 aliphatic carbocycles. The van der Waals surface area contributed by atoms with Crippen molar-refractivity contribution < 1.29 is 9.90 Å². The fourth-order valence-corrected chi connectivity index (χ4v) is 2.11. The highest BCUT2D eigenvalue weighted by atomic mass is 79.9. The van der Waals surface area contributed by atoms with Crippen LogP contribution in [0.1, 0.15) is 10.5 Å². The van der Waals surface area contributed by atoms with Gasteiger partial charge < -0.3 is 15.3 Å². The largest absolute Gasteiger partial charge is 0.390 e. The number of rotatable bonds is 2. The SMILES string of the molecule is CN(C(=O)c1ccc(Br)cn1)[C@@H]1CNC[C@H]1O. The van der Waals surface area contributed by atoms with Crippen molar-refractivity contribution >= 4 is 21.8 Å². The number of carbonyl (C=O) groups is 1. The number of hydrogen-bond donors (Lipinski definition) is 2. The molecule has 1 aromatic rings. The summed E-state index contributed by atoms with van der Waals surface area (Å²) in [5.41, 5.74) is 0.384. The average molecular weight is 300 g/mol. The van der Waals surface area contributed by atoms with Crippen LogP contribution in [0.3, 0.4) is 0 Å². The molecule has 0 aromatic carbocycles. The number of aliphatic hydroxyl groups excluding tert-OH is 1. The summed E-state index contributed by atoms with van der Waals surface area (Å²) in [7, 11) is 1.69. The van der Waals surface area contributed by atoms with Gasteiger partial charge in [-0.15, -0.1) is 0 Å². The summed E-state index contributed by atoms with van der Waals surface area (Å²) in [4.78, 5) is 17.7. The van der Waals surface area contributed by atoms with Crippen LogP contribution in [0.2, 0.25) is 0 Å². The maximum absolute atomic E-state index is 12.1. The van der Waals surface area contributed by atoms with Crippen molar-refractivity contribution in [2.45, 2.75) is 12.1 Å². The van der Waals surface area contributed by atoms with Crippen LogP contribution in [0.5, 0.6) is 0 Å². The summed E-state index contributed by atoms with van der Waals surface area (Å²) in [6, 6.07) is 3.25. The molecular formula is C11H14BrN3O2. The zero-order valence-corrected chi connectivity index (χ0v) is 11.0. The number of hydrogen-bond acceptors (Lipinski definition) is 4. The van der Waals surface area contributed by atoms with E-state index in [4.69, 9.17) is 0 Å². The van der Waals surface area contributed by atoms with Gasteiger partial charge in [0.25, 0.3) is 5.91 Å². The topological polar surface area (TPSA) is 65.5 Å². The maximum Gasteiger partial charge on any atom is 0.272 e. The highest BCUT2D eigenvalue weighted by molar-refractivity contribution is 9.10. The Kier molecular flexibility index (Phi) is 3.76. The van der Waals surface area contributed by atoms with Gasteiger partial charge in [-0.25, -0.2) is 4.98 Å². The zero-order valence-electron chi connectivity index (χ0n) is 9.43. The number of β-amino-alcohol motifs (C(OH)–C–C–N with tert-alkyl or cyclic N) is 1. The molecule has 1 aliphatic rings. The van der Waals surface area contributed by atoms with Crippen molar-refractivity contribution in [3.8, 4) is 0 Å². The van der Waals surface area contributed by atoms with Gasteiger partial charge in [-0.05, 0) is 28.1 Å². The second-order valence-electron chi connectivity index (χ2n) is 4.07. The van der Waals surface area contributed by atoms with Gasteiger partial charge in [-0.2, -0.15) is 0 Å². The van der Waals surface area contributed by atoms with Gasteiger partial charge in [0, 0.05) is 30.8 Å². The molecular weight excluding hydrogens is 286 g/mol. The Balaban J connectivity index is 2.11. The lowest BCUT2D eigenvalue weighted by molar-refractivity contribution is 0.0576. The number of halogens is 1. The Morgan fingerprint density at radius 2 is 2.35 bits per heavy atom. The van der Waals surface area contributed by atoms with Crippen molar-refractivity contribution in [1.82, 2.24) is 15.2 Å². The molecule has 2 rings (SSSR count). The van der Waals surface area contributed by atoms with E-state index in [1.807, 2.05) is 0 Å². The minimum absolute atomic E-state index is 0.176. The average Bonchev–Trinajstić information content (AvgIpc) is 2.74. The third kappa shape index (κ3) is 2.65. The van der Waals surface area contributed by atoms with Crippen LogP contribution in [0.15, 0.2) is 22.8 Å². The van der Waals surface area contributed by atoms with Gasteiger partial charge in [0.1, 0.15) is 5.69 Å². The van der Waals surface area contributed by atoms with Gasteiger partial charge in [-0.3, -0.25) is 4.79 Å². The van der Waals surface area contributed by atoms with E-state index < -0.39 is 6.10 Å². The lowest BCUT2D eigenvalue weighted by Gasteiger charge is -2.26. The van der Waals surface area contributed by atoms with Crippen LogP contribution in [0.25, 0.3) is 0 Å². The smallest absolute Gasteiger partial charge is 0.272 e. The summed E-state index contributed by atoms with van der Waals surface area (Å²) in [6.07, 6.45) is 1.07. The van der Waals surface area contributed by atoms with Gasteiger partial charge in [0.05, 0.1) is 12.1 Å². The fourth-order valence-electron chi connectivity index (χ4n) is 1.88. The molecule has 6 heteroatoms. The molecule has 2 atom stereocenters. The third-order valence-electron chi connectivity index (χ3n) is 2.92. The number of pyridine rings is 1. The van der Waals surface area contributed by atoms with E-state index in [0.717, 1.165) is 4.47 Å². The van der Waals surface area contributed by atoms with Crippen molar-refractivity contribution in [3.63, 3.8) is 0 Å². The molecule has 0 bridgehead atoms.